The molecule has 0 aromatic carbocycles. The Morgan fingerprint density at radius 3 is 2.95 bits per heavy atom. The van der Waals surface area contributed by atoms with Gasteiger partial charge in [-0.3, -0.25) is 0 Å². The fraction of sp³-hybridized carbons (Fsp3) is 0.417. The molecule has 8 heteroatoms. The maximum atomic E-state index is 12.7. The zero-order valence-corrected chi connectivity index (χ0v) is 13.3. The maximum Gasteiger partial charge on any atom is 0.253 e. The van der Waals surface area contributed by atoms with Gasteiger partial charge in [-0.25, -0.2) is 13.4 Å². The number of rotatable bonds is 3. The number of imidazole rings is 1. The van der Waals surface area contributed by atoms with E-state index in [9.17, 15) is 8.42 Å². The van der Waals surface area contributed by atoms with Gasteiger partial charge < -0.3 is 4.57 Å². The molecule has 0 aliphatic carbocycles. The van der Waals surface area contributed by atoms with Gasteiger partial charge in [-0.1, -0.05) is 0 Å². The lowest BCUT2D eigenvalue weighted by Gasteiger charge is -2.26. The molecule has 5 nitrogen and oxygen atoms in total. The fourth-order valence-electron chi connectivity index (χ4n) is 2.23. The van der Waals surface area contributed by atoms with Crippen LogP contribution in [0.2, 0.25) is 0 Å². The second-order valence-electron chi connectivity index (χ2n) is 4.68. The van der Waals surface area contributed by atoms with Crippen molar-refractivity contribution in [1.82, 2.24) is 13.9 Å². The van der Waals surface area contributed by atoms with E-state index >= 15 is 0 Å². The summed E-state index contributed by atoms with van der Waals surface area (Å²) in [6.07, 6.45) is 3.58. The van der Waals surface area contributed by atoms with Crippen LogP contribution >= 0.6 is 22.9 Å². The predicted molar refractivity (Wildman–Crippen MR) is 78.4 cm³/mol. The second-order valence-corrected chi connectivity index (χ2v) is 8.25. The first-order valence-electron chi connectivity index (χ1n) is 6.18. The van der Waals surface area contributed by atoms with Crippen molar-refractivity contribution in [2.24, 2.45) is 0 Å². The minimum Gasteiger partial charge on any atom is -0.333 e. The van der Waals surface area contributed by atoms with Gasteiger partial charge in [0.15, 0.2) is 0 Å². The van der Waals surface area contributed by atoms with E-state index in [0.717, 1.165) is 16.3 Å². The zero-order valence-electron chi connectivity index (χ0n) is 10.9. The first-order valence-corrected chi connectivity index (χ1v) is 8.97. The van der Waals surface area contributed by atoms with Crippen LogP contribution in [0, 0.1) is 6.92 Å². The van der Waals surface area contributed by atoms with Crippen molar-refractivity contribution in [1.29, 1.82) is 0 Å². The van der Waals surface area contributed by atoms with Crippen LogP contribution in [-0.2, 0) is 29.0 Å². The molecule has 0 N–H and O–H groups in total. The normalized spacial score (nSPS) is 16.3. The summed E-state index contributed by atoms with van der Waals surface area (Å²) in [6.45, 7) is 3.32. The van der Waals surface area contributed by atoms with Gasteiger partial charge in [-0.15, -0.1) is 22.9 Å². The Bertz CT molecular complexity index is 736. The Labute approximate surface area is 126 Å². The molecule has 3 heterocycles. The molecule has 2 aromatic rings. The molecular weight excluding hydrogens is 318 g/mol. The van der Waals surface area contributed by atoms with Gasteiger partial charge in [0.1, 0.15) is 10.0 Å². The Hall–Kier alpha value is -0.890. The maximum absolute atomic E-state index is 12.7. The molecule has 1 aliphatic heterocycles. The fourth-order valence-corrected chi connectivity index (χ4v) is 5.59. The topological polar surface area (TPSA) is 55.2 Å². The molecule has 0 fully saturated rings. The van der Waals surface area contributed by atoms with Crippen molar-refractivity contribution in [3.8, 4) is 0 Å². The third-order valence-electron chi connectivity index (χ3n) is 3.42. The van der Waals surface area contributed by atoms with Crippen molar-refractivity contribution in [2.75, 3.05) is 6.54 Å². The second kappa shape index (κ2) is 5.14. The van der Waals surface area contributed by atoms with Gasteiger partial charge in [0.25, 0.3) is 10.0 Å². The third-order valence-corrected chi connectivity index (χ3v) is 7.38. The van der Waals surface area contributed by atoms with Gasteiger partial charge >= 0.3 is 0 Å². The van der Waals surface area contributed by atoms with Crippen LogP contribution in [0.15, 0.2) is 22.7 Å². The predicted octanol–water partition coefficient (Wildman–Crippen LogP) is 2.20. The summed E-state index contributed by atoms with van der Waals surface area (Å²) in [5.74, 6) is 1.13. The van der Waals surface area contributed by atoms with E-state index < -0.39 is 10.0 Å². The summed E-state index contributed by atoms with van der Waals surface area (Å²) >= 11 is 7.08. The highest BCUT2D eigenvalue weighted by Crippen LogP contribution is 2.30. The quantitative estimate of drug-likeness (QED) is 0.810. The first-order chi connectivity index (χ1) is 9.52. The van der Waals surface area contributed by atoms with E-state index in [1.54, 1.807) is 12.3 Å². The lowest BCUT2D eigenvalue weighted by Crippen LogP contribution is -2.37. The number of sulfonamides is 1. The summed E-state index contributed by atoms with van der Waals surface area (Å²) in [5.41, 5.74) is 0.932. The van der Waals surface area contributed by atoms with Gasteiger partial charge in [0.2, 0.25) is 0 Å². The lowest BCUT2D eigenvalue weighted by molar-refractivity contribution is 0.336. The standard InChI is InChI=1S/C12H14ClN3O2S2/c1-9-6-12(19-10(9)7-13)20(17,18)16-5-4-15-3-2-14-11(15)8-16/h2-3,6H,4-5,7-8H2,1H3. The molecule has 0 radical (unpaired) electrons. The number of hydrogen-bond acceptors (Lipinski definition) is 4. The van der Waals surface area contributed by atoms with Crippen LogP contribution in [0.1, 0.15) is 16.3 Å². The Morgan fingerprint density at radius 2 is 2.25 bits per heavy atom. The van der Waals surface area contributed by atoms with E-state index in [1.165, 1.54) is 15.6 Å². The number of alkyl halides is 1. The number of thiophene rings is 1. The van der Waals surface area contributed by atoms with E-state index in [2.05, 4.69) is 4.98 Å². The zero-order chi connectivity index (χ0) is 14.3. The van der Waals surface area contributed by atoms with E-state index in [4.69, 9.17) is 11.6 Å². The number of halogens is 1. The average molecular weight is 332 g/mol. The summed E-state index contributed by atoms with van der Waals surface area (Å²) < 4.78 is 29.1. The van der Waals surface area contributed by atoms with E-state index in [1.807, 2.05) is 17.7 Å². The number of fused-ring (bicyclic) bond motifs is 1. The number of aryl methyl sites for hydroxylation is 1. The van der Waals surface area contributed by atoms with Gasteiger partial charge in [0.05, 0.1) is 12.4 Å². The highest BCUT2D eigenvalue weighted by Gasteiger charge is 2.30. The van der Waals surface area contributed by atoms with Crippen molar-refractivity contribution in [2.45, 2.75) is 30.1 Å². The van der Waals surface area contributed by atoms with Crippen molar-refractivity contribution >= 4 is 33.0 Å². The third kappa shape index (κ3) is 2.28. The van der Waals surface area contributed by atoms with Crippen molar-refractivity contribution in [3.63, 3.8) is 0 Å². The van der Waals surface area contributed by atoms with Gasteiger partial charge in [0, 0.05) is 30.4 Å². The minimum atomic E-state index is -3.45. The molecule has 108 valence electrons. The van der Waals surface area contributed by atoms with Crippen molar-refractivity contribution < 1.29 is 8.42 Å². The SMILES string of the molecule is Cc1cc(S(=O)(=O)N2CCn3ccnc3C2)sc1CCl. The van der Waals surface area contributed by atoms with Crippen molar-refractivity contribution in [3.05, 3.63) is 34.7 Å². The summed E-state index contributed by atoms with van der Waals surface area (Å²) in [5, 5.41) is 0. The molecule has 20 heavy (non-hydrogen) atoms. The molecule has 0 atom stereocenters. The molecule has 3 rings (SSSR count). The first kappa shape index (κ1) is 14.1. The molecule has 0 amide bonds. The van der Waals surface area contributed by atoms with E-state index in [-0.39, 0.29) is 0 Å². The van der Waals surface area contributed by atoms with Crippen LogP contribution in [-0.4, -0.2) is 28.8 Å². The molecule has 2 aromatic heterocycles. The molecule has 0 saturated heterocycles. The Kier molecular flexibility index (Phi) is 3.62. The molecule has 0 unspecified atom stereocenters. The largest absolute Gasteiger partial charge is 0.333 e. The van der Waals surface area contributed by atoms with Crippen LogP contribution < -0.4 is 0 Å². The van der Waals surface area contributed by atoms with Crippen LogP contribution in [0.5, 0.6) is 0 Å². The molecule has 0 saturated carbocycles. The summed E-state index contributed by atoms with van der Waals surface area (Å²) in [7, 11) is -3.45. The van der Waals surface area contributed by atoms with Crippen LogP contribution in [0.4, 0.5) is 0 Å². The highest BCUT2D eigenvalue weighted by atomic mass is 35.5. The summed E-state index contributed by atoms with van der Waals surface area (Å²) in [4.78, 5) is 5.10. The lowest BCUT2D eigenvalue weighted by atomic mass is 10.3. The smallest absolute Gasteiger partial charge is 0.253 e. The monoisotopic (exact) mass is 331 g/mol. The van der Waals surface area contributed by atoms with E-state index in [0.29, 0.717) is 29.7 Å². The Balaban J connectivity index is 1.92. The average Bonchev–Trinajstić information content (AvgIpc) is 3.03. The molecular formula is C12H14ClN3O2S2. The summed E-state index contributed by atoms with van der Waals surface area (Å²) in [6, 6.07) is 1.71. The van der Waals surface area contributed by atoms with Gasteiger partial charge in [-0.05, 0) is 18.6 Å². The number of hydrogen-bond donors (Lipinski definition) is 0. The van der Waals surface area contributed by atoms with Crippen LogP contribution in [0.3, 0.4) is 0 Å². The Morgan fingerprint density at radius 1 is 1.45 bits per heavy atom. The van der Waals surface area contributed by atoms with Crippen LogP contribution in [0.25, 0.3) is 0 Å². The number of nitrogens with zero attached hydrogens (tertiary/aromatic N) is 3. The molecule has 1 aliphatic rings. The molecule has 0 spiro atoms. The minimum absolute atomic E-state index is 0.322. The number of aromatic nitrogens is 2. The highest BCUT2D eigenvalue weighted by molar-refractivity contribution is 7.91. The molecule has 0 bridgehead atoms. The van der Waals surface area contributed by atoms with Gasteiger partial charge in [-0.2, -0.15) is 4.31 Å².